The molecule has 1 aliphatic heterocycles. The van der Waals surface area contributed by atoms with Crippen LogP contribution in [0.1, 0.15) is 26.2 Å². The fourth-order valence-corrected chi connectivity index (χ4v) is 3.94. The number of anilines is 1. The van der Waals surface area contributed by atoms with E-state index in [1.165, 1.54) is 24.6 Å². The lowest BCUT2D eigenvalue weighted by Gasteiger charge is -2.19. The van der Waals surface area contributed by atoms with Gasteiger partial charge in [-0.15, -0.1) is 10.2 Å². The Hall–Kier alpha value is -2.13. The fourth-order valence-electron chi connectivity index (χ4n) is 3.81. The molecule has 0 aliphatic carbocycles. The van der Waals surface area contributed by atoms with Gasteiger partial charge in [0.25, 0.3) is 0 Å². The van der Waals surface area contributed by atoms with Crippen molar-refractivity contribution in [1.29, 1.82) is 0 Å². The third-order valence-corrected chi connectivity index (χ3v) is 5.32. The Labute approximate surface area is 153 Å². The normalized spacial score (nSPS) is 17.4. The molecule has 0 bridgehead atoms. The van der Waals surface area contributed by atoms with Gasteiger partial charge < -0.3 is 4.90 Å². The van der Waals surface area contributed by atoms with Crippen LogP contribution in [0.25, 0.3) is 22.0 Å². The third-order valence-electron chi connectivity index (χ3n) is 5.07. The maximum atomic E-state index is 6.03. The first-order valence-electron chi connectivity index (χ1n) is 9.02. The highest BCUT2D eigenvalue weighted by Crippen LogP contribution is 2.34. The lowest BCUT2D eigenvalue weighted by Crippen LogP contribution is -2.21. The molecule has 0 radical (unpaired) electrons. The van der Waals surface area contributed by atoms with Crippen molar-refractivity contribution < 1.29 is 0 Å². The number of rotatable bonds is 4. The zero-order valence-corrected chi connectivity index (χ0v) is 15.2. The molecule has 4 heteroatoms. The van der Waals surface area contributed by atoms with Crippen LogP contribution >= 0.6 is 11.6 Å². The van der Waals surface area contributed by atoms with Gasteiger partial charge in [0.1, 0.15) is 5.69 Å². The monoisotopic (exact) mass is 351 g/mol. The van der Waals surface area contributed by atoms with Crippen molar-refractivity contribution in [3.8, 4) is 11.3 Å². The molecule has 25 heavy (non-hydrogen) atoms. The van der Waals surface area contributed by atoms with Gasteiger partial charge in [0.05, 0.1) is 0 Å². The molecule has 1 fully saturated rings. The molecule has 1 aromatic heterocycles. The summed E-state index contributed by atoms with van der Waals surface area (Å²) in [5.74, 6) is 1.80. The molecule has 4 rings (SSSR count). The number of benzene rings is 2. The molecular formula is C21H22ClN3. The number of aromatic nitrogens is 2. The van der Waals surface area contributed by atoms with E-state index in [2.05, 4.69) is 46.3 Å². The Balaban J connectivity index is 1.76. The van der Waals surface area contributed by atoms with E-state index in [1.54, 1.807) is 0 Å². The van der Waals surface area contributed by atoms with Gasteiger partial charge >= 0.3 is 0 Å². The molecule has 0 spiro atoms. The molecule has 1 unspecified atom stereocenters. The van der Waals surface area contributed by atoms with E-state index >= 15 is 0 Å². The first-order chi connectivity index (χ1) is 12.3. The maximum absolute atomic E-state index is 6.03. The Morgan fingerprint density at radius 2 is 1.80 bits per heavy atom. The minimum atomic E-state index is 0.733. The molecule has 0 saturated carbocycles. The summed E-state index contributed by atoms with van der Waals surface area (Å²) < 4.78 is 0. The van der Waals surface area contributed by atoms with Crippen molar-refractivity contribution >= 4 is 28.2 Å². The van der Waals surface area contributed by atoms with Crippen LogP contribution in [0.2, 0.25) is 5.02 Å². The predicted octanol–water partition coefficient (Wildman–Crippen LogP) is 5.58. The Morgan fingerprint density at radius 3 is 2.56 bits per heavy atom. The van der Waals surface area contributed by atoms with Crippen molar-refractivity contribution in [2.24, 2.45) is 5.92 Å². The van der Waals surface area contributed by atoms with E-state index in [0.717, 1.165) is 46.5 Å². The van der Waals surface area contributed by atoms with Gasteiger partial charge in [-0.05, 0) is 30.9 Å². The van der Waals surface area contributed by atoms with Gasteiger partial charge in [-0.2, -0.15) is 0 Å². The Morgan fingerprint density at radius 1 is 1.04 bits per heavy atom. The lowest BCUT2D eigenvalue weighted by molar-refractivity contribution is 0.529. The van der Waals surface area contributed by atoms with Crippen LogP contribution in [-0.2, 0) is 0 Å². The topological polar surface area (TPSA) is 29.0 Å². The summed E-state index contributed by atoms with van der Waals surface area (Å²) in [7, 11) is 0. The molecule has 0 N–H and O–H groups in total. The second-order valence-electron chi connectivity index (χ2n) is 6.81. The first-order valence-corrected chi connectivity index (χ1v) is 9.40. The van der Waals surface area contributed by atoms with Crippen LogP contribution in [0, 0.1) is 5.92 Å². The predicted molar refractivity (Wildman–Crippen MR) is 105 cm³/mol. The summed E-state index contributed by atoms with van der Waals surface area (Å²) in [6, 6.07) is 16.3. The zero-order chi connectivity index (χ0) is 17.2. The van der Waals surface area contributed by atoms with Crippen LogP contribution < -0.4 is 4.90 Å². The van der Waals surface area contributed by atoms with Gasteiger partial charge in [0, 0.05) is 34.4 Å². The summed E-state index contributed by atoms with van der Waals surface area (Å²) >= 11 is 6.03. The summed E-state index contributed by atoms with van der Waals surface area (Å²) in [5.41, 5.74) is 1.96. The SMILES string of the molecule is CCCC1CCN(c2nnc(-c3ccc(Cl)cc3)c3ccccc23)C1. The van der Waals surface area contributed by atoms with Crippen LogP contribution in [0.15, 0.2) is 48.5 Å². The van der Waals surface area contributed by atoms with Gasteiger partial charge in [0.15, 0.2) is 5.82 Å². The molecule has 1 atom stereocenters. The van der Waals surface area contributed by atoms with Crippen molar-refractivity contribution in [3.63, 3.8) is 0 Å². The van der Waals surface area contributed by atoms with Crippen LogP contribution in [0.5, 0.6) is 0 Å². The molecule has 2 heterocycles. The quantitative estimate of drug-likeness (QED) is 0.614. The van der Waals surface area contributed by atoms with Gasteiger partial charge in [-0.25, -0.2) is 0 Å². The summed E-state index contributed by atoms with van der Waals surface area (Å²) in [5, 5.41) is 12.3. The molecule has 3 nitrogen and oxygen atoms in total. The van der Waals surface area contributed by atoms with Crippen LogP contribution in [0.3, 0.4) is 0 Å². The molecule has 0 amide bonds. The van der Waals surface area contributed by atoms with E-state index in [1.807, 2.05) is 24.3 Å². The van der Waals surface area contributed by atoms with Gasteiger partial charge in [-0.1, -0.05) is 61.3 Å². The summed E-state index contributed by atoms with van der Waals surface area (Å²) in [6.07, 6.45) is 3.80. The number of fused-ring (bicyclic) bond motifs is 1. The molecule has 1 saturated heterocycles. The third kappa shape index (κ3) is 3.21. The highest BCUT2D eigenvalue weighted by Gasteiger charge is 2.25. The molecular weight excluding hydrogens is 330 g/mol. The highest BCUT2D eigenvalue weighted by molar-refractivity contribution is 6.30. The zero-order valence-electron chi connectivity index (χ0n) is 14.5. The Bertz CT molecular complexity index is 876. The van der Waals surface area contributed by atoms with Gasteiger partial charge in [-0.3, -0.25) is 0 Å². The lowest BCUT2D eigenvalue weighted by atomic mass is 10.0. The van der Waals surface area contributed by atoms with E-state index in [-0.39, 0.29) is 0 Å². The summed E-state index contributed by atoms with van der Waals surface area (Å²) in [6.45, 7) is 4.43. The largest absolute Gasteiger partial charge is 0.354 e. The second kappa shape index (κ2) is 7.01. The molecule has 128 valence electrons. The van der Waals surface area contributed by atoms with Crippen molar-refractivity contribution in [2.45, 2.75) is 26.2 Å². The number of hydrogen-bond donors (Lipinski definition) is 0. The molecule has 2 aromatic carbocycles. The smallest absolute Gasteiger partial charge is 0.159 e. The minimum absolute atomic E-state index is 0.733. The van der Waals surface area contributed by atoms with E-state index in [4.69, 9.17) is 11.6 Å². The average Bonchev–Trinajstić information content (AvgIpc) is 3.10. The maximum Gasteiger partial charge on any atom is 0.159 e. The fraction of sp³-hybridized carbons (Fsp3) is 0.333. The standard InChI is InChI=1S/C21H22ClN3/c1-2-5-15-12-13-25(14-15)21-19-7-4-3-6-18(19)20(23-24-21)16-8-10-17(22)11-9-16/h3-4,6-11,15H,2,5,12-14H2,1H3. The van der Waals surface area contributed by atoms with E-state index in [0.29, 0.717) is 0 Å². The van der Waals surface area contributed by atoms with Gasteiger partial charge in [0.2, 0.25) is 0 Å². The van der Waals surface area contributed by atoms with Crippen molar-refractivity contribution in [1.82, 2.24) is 10.2 Å². The average molecular weight is 352 g/mol. The van der Waals surface area contributed by atoms with Crippen LogP contribution in [-0.4, -0.2) is 23.3 Å². The van der Waals surface area contributed by atoms with Crippen molar-refractivity contribution in [2.75, 3.05) is 18.0 Å². The Kier molecular flexibility index (Phi) is 4.58. The first kappa shape index (κ1) is 16.3. The number of halogens is 1. The summed E-state index contributed by atoms with van der Waals surface area (Å²) in [4.78, 5) is 2.40. The van der Waals surface area contributed by atoms with E-state index < -0.39 is 0 Å². The minimum Gasteiger partial charge on any atom is -0.354 e. The van der Waals surface area contributed by atoms with E-state index in [9.17, 15) is 0 Å². The second-order valence-corrected chi connectivity index (χ2v) is 7.25. The number of nitrogens with zero attached hydrogens (tertiary/aromatic N) is 3. The number of hydrogen-bond acceptors (Lipinski definition) is 3. The van der Waals surface area contributed by atoms with Crippen molar-refractivity contribution in [3.05, 3.63) is 53.6 Å². The van der Waals surface area contributed by atoms with Crippen LogP contribution in [0.4, 0.5) is 5.82 Å². The highest BCUT2D eigenvalue weighted by atomic mass is 35.5. The molecule has 1 aliphatic rings. The molecule has 3 aromatic rings.